The lowest BCUT2D eigenvalue weighted by atomic mass is 9.43. The Balaban J connectivity index is 1.40. The Morgan fingerprint density at radius 3 is 1.43 bits per heavy atom. The van der Waals surface area contributed by atoms with E-state index in [1.165, 1.54) is 61.2 Å². The summed E-state index contributed by atoms with van der Waals surface area (Å²) >= 11 is 0. The molecule has 0 saturated carbocycles. The number of fused-ring (bicyclic) bond motifs is 11. The van der Waals surface area contributed by atoms with Gasteiger partial charge in [0, 0.05) is 39.6 Å². The van der Waals surface area contributed by atoms with Crippen molar-refractivity contribution in [3.8, 4) is 22.3 Å². The lowest BCUT2D eigenvalue weighted by molar-refractivity contribution is 1.28. The summed E-state index contributed by atoms with van der Waals surface area (Å²) in [6.07, 6.45) is 0. The Labute approximate surface area is 248 Å². The second kappa shape index (κ2) is 9.53. The van der Waals surface area contributed by atoms with Gasteiger partial charge < -0.3 is 9.71 Å². The highest BCUT2D eigenvalue weighted by atomic mass is 15.1. The second-order valence-electron chi connectivity index (χ2n) is 11.7. The third-order valence-corrected chi connectivity index (χ3v) is 8.78. The number of benzene rings is 6. The lowest BCUT2D eigenvalue weighted by Crippen LogP contribution is -2.59. The molecule has 0 N–H and O–H groups in total. The highest BCUT2D eigenvalue weighted by molar-refractivity contribution is 6.92. The number of nitrogens with zero attached hydrogens (tertiary/aromatic N) is 2. The Hall–Kier alpha value is -5.02. The molecule has 0 aliphatic carbocycles. The molecule has 0 atom stereocenters. The van der Waals surface area contributed by atoms with E-state index in [1.54, 1.807) is 0 Å². The number of hydrogen-bond acceptors (Lipinski definition) is 2. The van der Waals surface area contributed by atoms with Crippen molar-refractivity contribution in [2.75, 3.05) is 9.71 Å². The first kappa shape index (κ1) is 24.8. The summed E-state index contributed by atoms with van der Waals surface area (Å²) in [7, 11) is 0. The molecule has 8 rings (SSSR count). The van der Waals surface area contributed by atoms with Gasteiger partial charge in [0.05, 0.1) is 0 Å². The van der Waals surface area contributed by atoms with Crippen LogP contribution in [0.25, 0.3) is 22.3 Å². The number of anilines is 5. The fourth-order valence-corrected chi connectivity index (χ4v) is 6.90. The van der Waals surface area contributed by atoms with Crippen molar-refractivity contribution in [3.63, 3.8) is 0 Å². The smallest absolute Gasteiger partial charge is 0.329 e. The molecule has 6 aromatic rings. The van der Waals surface area contributed by atoms with Gasteiger partial charge in [0.1, 0.15) is 0 Å². The van der Waals surface area contributed by atoms with Gasteiger partial charge in [-0.05, 0) is 103 Å². The lowest BCUT2D eigenvalue weighted by Gasteiger charge is -2.44. The molecular weight excluding hydrogens is 507 g/mol. The van der Waals surface area contributed by atoms with Gasteiger partial charge in [0.2, 0.25) is 0 Å². The van der Waals surface area contributed by atoms with E-state index in [-0.39, 0.29) is 6.85 Å². The summed E-state index contributed by atoms with van der Waals surface area (Å²) in [6.45, 7) is 6.68. The zero-order chi connectivity index (χ0) is 28.4. The standard InChI is InChI=1S/C39H31BN2/c1-26-14-18-36-32(22-26)34-23-27(2)15-20-38(34)42-39-21-16-28(3)24-35(39)33-25-31(17-19-37(33)40(36)42)41(29-10-6-4-7-11-29)30-12-8-5-9-13-30/h4-25H,1-3H3. The maximum absolute atomic E-state index is 2.58. The van der Waals surface area contributed by atoms with Crippen LogP contribution in [0, 0.1) is 20.8 Å². The molecule has 3 heteroatoms. The highest BCUT2D eigenvalue weighted by Gasteiger charge is 2.42. The van der Waals surface area contributed by atoms with Crippen LogP contribution in [0.4, 0.5) is 28.4 Å². The average Bonchev–Trinajstić information content (AvgIpc) is 3.02. The molecule has 0 radical (unpaired) electrons. The van der Waals surface area contributed by atoms with Gasteiger partial charge in [-0.3, -0.25) is 0 Å². The summed E-state index contributed by atoms with van der Waals surface area (Å²) in [5, 5.41) is 0. The van der Waals surface area contributed by atoms with Gasteiger partial charge in [0.25, 0.3) is 0 Å². The van der Waals surface area contributed by atoms with E-state index in [0.29, 0.717) is 0 Å². The van der Waals surface area contributed by atoms with Crippen molar-refractivity contribution in [1.29, 1.82) is 0 Å². The molecule has 6 aromatic carbocycles. The SMILES string of the molecule is Cc1ccc2c(c1)-c1cc(C)ccc1N1B2c2ccc(N(c3ccccc3)c3ccccc3)cc2-c2cc(C)ccc21. The van der Waals surface area contributed by atoms with Crippen molar-refractivity contribution in [2.24, 2.45) is 0 Å². The Kier molecular flexibility index (Phi) is 5.62. The third kappa shape index (κ3) is 3.81. The number of para-hydroxylation sites is 2. The van der Waals surface area contributed by atoms with E-state index >= 15 is 0 Å². The number of hydrogen-bond donors (Lipinski definition) is 0. The van der Waals surface area contributed by atoms with E-state index < -0.39 is 0 Å². The second-order valence-corrected chi connectivity index (χ2v) is 11.7. The maximum atomic E-state index is 2.58. The van der Waals surface area contributed by atoms with Crippen LogP contribution in [0.5, 0.6) is 0 Å². The fraction of sp³-hybridized carbons (Fsp3) is 0.0769. The van der Waals surface area contributed by atoms with Gasteiger partial charge in [-0.15, -0.1) is 0 Å². The van der Waals surface area contributed by atoms with Crippen molar-refractivity contribution >= 4 is 46.2 Å². The largest absolute Gasteiger partial charge is 0.376 e. The monoisotopic (exact) mass is 538 g/mol. The molecule has 0 spiro atoms. The van der Waals surface area contributed by atoms with Crippen molar-refractivity contribution in [3.05, 3.63) is 150 Å². The first-order chi connectivity index (χ1) is 20.6. The predicted molar refractivity (Wildman–Crippen MR) is 180 cm³/mol. The minimum atomic E-state index is 0.0944. The van der Waals surface area contributed by atoms with E-state index in [4.69, 9.17) is 0 Å². The molecule has 2 heterocycles. The molecule has 0 amide bonds. The zero-order valence-electron chi connectivity index (χ0n) is 24.2. The molecule has 200 valence electrons. The van der Waals surface area contributed by atoms with Crippen LogP contribution in [0.1, 0.15) is 16.7 Å². The van der Waals surface area contributed by atoms with E-state index in [0.717, 1.165) is 17.1 Å². The molecule has 0 bridgehead atoms. The Bertz CT molecular complexity index is 1940. The minimum Gasteiger partial charge on any atom is -0.376 e. The average molecular weight is 539 g/mol. The van der Waals surface area contributed by atoms with Gasteiger partial charge in [0.15, 0.2) is 0 Å². The van der Waals surface area contributed by atoms with Crippen molar-refractivity contribution < 1.29 is 0 Å². The molecule has 0 fully saturated rings. The third-order valence-electron chi connectivity index (χ3n) is 8.78. The highest BCUT2D eigenvalue weighted by Crippen LogP contribution is 2.47. The summed E-state index contributed by atoms with van der Waals surface area (Å²) in [5.74, 6) is 0. The molecular formula is C39H31BN2. The number of rotatable bonds is 3. The van der Waals surface area contributed by atoms with E-state index in [9.17, 15) is 0 Å². The van der Waals surface area contributed by atoms with Crippen LogP contribution in [0.15, 0.2) is 133 Å². The topological polar surface area (TPSA) is 6.48 Å². The van der Waals surface area contributed by atoms with Crippen LogP contribution in [-0.2, 0) is 0 Å². The molecule has 2 nitrogen and oxygen atoms in total. The molecule has 0 aromatic heterocycles. The van der Waals surface area contributed by atoms with Crippen LogP contribution in [0.3, 0.4) is 0 Å². The summed E-state index contributed by atoms with van der Waals surface area (Å²) in [6, 6.07) is 49.3. The van der Waals surface area contributed by atoms with Crippen molar-refractivity contribution in [1.82, 2.24) is 0 Å². The first-order valence-electron chi connectivity index (χ1n) is 14.7. The molecule has 0 saturated heterocycles. The quantitative estimate of drug-likeness (QED) is 0.208. The van der Waals surface area contributed by atoms with Crippen LogP contribution in [0.2, 0.25) is 0 Å². The molecule has 2 aliphatic heterocycles. The molecule has 0 unspecified atom stereocenters. The molecule has 2 aliphatic rings. The van der Waals surface area contributed by atoms with E-state index in [1.807, 2.05) is 0 Å². The van der Waals surface area contributed by atoms with Gasteiger partial charge in [-0.2, -0.15) is 0 Å². The minimum absolute atomic E-state index is 0.0944. The molecule has 42 heavy (non-hydrogen) atoms. The first-order valence-corrected chi connectivity index (χ1v) is 14.7. The summed E-state index contributed by atoms with van der Waals surface area (Å²) in [4.78, 5) is 4.94. The normalized spacial score (nSPS) is 12.5. The fourth-order valence-electron chi connectivity index (χ4n) is 6.90. The van der Waals surface area contributed by atoms with E-state index in [2.05, 4.69) is 164 Å². The van der Waals surface area contributed by atoms with Crippen LogP contribution < -0.4 is 20.6 Å². The Morgan fingerprint density at radius 2 is 0.881 bits per heavy atom. The number of aryl methyl sites for hydroxylation is 3. The van der Waals surface area contributed by atoms with Gasteiger partial charge >= 0.3 is 6.85 Å². The van der Waals surface area contributed by atoms with Crippen LogP contribution in [-0.4, -0.2) is 6.85 Å². The van der Waals surface area contributed by atoms with Crippen LogP contribution >= 0.6 is 0 Å². The summed E-state index contributed by atoms with van der Waals surface area (Å²) in [5.41, 5.74) is 17.8. The summed E-state index contributed by atoms with van der Waals surface area (Å²) < 4.78 is 0. The Morgan fingerprint density at radius 1 is 0.429 bits per heavy atom. The predicted octanol–water partition coefficient (Wildman–Crippen LogP) is 8.99. The van der Waals surface area contributed by atoms with Crippen molar-refractivity contribution in [2.45, 2.75) is 20.8 Å². The zero-order valence-corrected chi connectivity index (χ0v) is 24.2. The van der Waals surface area contributed by atoms with Gasteiger partial charge in [-0.25, -0.2) is 0 Å². The van der Waals surface area contributed by atoms with Gasteiger partial charge in [-0.1, -0.05) is 89.5 Å². The maximum Gasteiger partial charge on any atom is 0.329 e.